The third-order valence-electron chi connectivity index (χ3n) is 8.10. The number of carbonyl (C=O) groups excluding carboxylic acids is 2. The molecular formula is C34H30F4N4O3. The van der Waals surface area contributed by atoms with Gasteiger partial charge in [0.25, 0.3) is 5.91 Å². The number of hydrogen-bond acceptors (Lipinski definition) is 5. The number of likely N-dealkylation sites (tertiary alicyclic amines) is 1. The van der Waals surface area contributed by atoms with Crippen LogP contribution in [0, 0.1) is 5.82 Å². The molecule has 0 aliphatic carbocycles. The number of amides is 1. The van der Waals surface area contributed by atoms with Crippen molar-refractivity contribution in [3.63, 3.8) is 0 Å². The number of piperidine rings is 1. The van der Waals surface area contributed by atoms with E-state index < -0.39 is 29.8 Å². The average molecular weight is 619 g/mol. The number of nitrogens with zero attached hydrogens (tertiary/aromatic N) is 3. The van der Waals surface area contributed by atoms with Crippen LogP contribution in [0.5, 0.6) is 0 Å². The second-order valence-corrected chi connectivity index (χ2v) is 11.3. The van der Waals surface area contributed by atoms with Gasteiger partial charge in [0.15, 0.2) is 0 Å². The van der Waals surface area contributed by atoms with Gasteiger partial charge in [-0.15, -0.1) is 0 Å². The molecule has 3 heterocycles. The molecule has 2 saturated heterocycles. The van der Waals surface area contributed by atoms with E-state index in [-0.39, 0.29) is 12.1 Å². The molecule has 1 aromatic heterocycles. The number of H-pyrrole nitrogens is 1. The maximum absolute atomic E-state index is 13.6. The predicted octanol–water partition coefficient (Wildman–Crippen LogP) is 6.89. The maximum Gasteiger partial charge on any atom is 0.493 e. The Morgan fingerprint density at radius 3 is 2.38 bits per heavy atom. The van der Waals surface area contributed by atoms with Gasteiger partial charge in [-0.05, 0) is 84.6 Å². The van der Waals surface area contributed by atoms with Gasteiger partial charge in [0, 0.05) is 23.4 Å². The van der Waals surface area contributed by atoms with Crippen molar-refractivity contribution in [2.45, 2.75) is 37.9 Å². The molecule has 1 unspecified atom stereocenters. The fraction of sp³-hybridized carbons (Fsp3) is 0.265. The molecular weight excluding hydrogens is 588 g/mol. The summed E-state index contributed by atoms with van der Waals surface area (Å²) < 4.78 is 52.1. The fourth-order valence-corrected chi connectivity index (χ4v) is 5.75. The minimum absolute atomic E-state index is 0.0966. The summed E-state index contributed by atoms with van der Waals surface area (Å²) >= 11 is 0. The van der Waals surface area contributed by atoms with E-state index in [0.717, 1.165) is 30.6 Å². The summed E-state index contributed by atoms with van der Waals surface area (Å²) in [4.78, 5) is 31.5. The molecule has 2 aliphatic rings. The van der Waals surface area contributed by atoms with E-state index in [1.807, 2.05) is 18.2 Å². The first-order valence-electron chi connectivity index (χ1n) is 14.7. The highest BCUT2D eigenvalue weighted by atomic mass is 19.4. The molecule has 2 aliphatic heterocycles. The van der Waals surface area contributed by atoms with E-state index in [2.05, 4.69) is 44.2 Å². The Balaban J connectivity index is 1.21. The van der Waals surface area contributed by atoms with Crippen LogP contribution >= 0.6 is 0 Å². The maximum atomic E-state index is 13.6. The molecule has 1 amide bonds. The van der Waals surface area contributed by atoms with Crippen LogP contribution in [0.1, 0.15) is 53.1 Å². The lowest BCUT2D eigenvalue weighted by molar-refractivity contribution is -0.233. The van der Waals surface area contributed by atoms with Crippen molar-refractivity contribution in [2.24, 2.45) is 0 Å². The number of carbonyl (C=O) groups is 2. The van der Waals surface area contributed by atoms with E-state index in [0.29, 0.717) is 27.4 Å². The molecule has 7 nitrogen and oxygen atoms in total. The number of alkyl halides is 3. The van der Waals surface area contributed by atoms with Gasteiger partial charge in [0.2, 0.25) is 0 Å². The number of fused-ring (bicyclic) bond motifs is 1. The zero-order valence-corrected chi connectivity index (χ0v) is 24.2. The Hall–Kier alpha value is -4.77. The third kappa shape index (κ3) is 6.99. The van der Waals surface area contributed by atoms with Gasteiger partial charge in [-0.2, -0.15) is 23.3 Å². The molecule has 2 fully saturated rings. The molecule has 45 heavy (non-hydrogen) atoms. The molecule has 4 aromatic rings. The number of benzene rings is 3. The molecule has 6 rings (SSSR count). The molecule has 1 atom stereocenters. The van der Waals surface area contributed by atoms with Gasteiger partial charge >= 0.3 is 12.1 Å². The van der Waals surface area contributed by atoms with Crippen LogP contribution in [-0.4, -0.2) is 57.8 Å². The Labute approximate surface area is 256 Å². The molecule has 0 saturated carbocycles. The van der Waals surface area contributed by atoms with Crippen molar-refractivity contribution in [3.8, 4) is 0 Å². The van der Waals surface area contributed by atoms with Crippen LogP contribution in [0.25, 0.3) is 29.1 Å². The molecule has 0 radical (unpaired) electrons. The van der Waals surface area contributed by atoms with Crippen LogP contribution < -0.4 is 0 Å². The van der Waals surface area contributed by atoms with E-state index in [1.165, 1.54) is 55.2 Å². The van der Waals surface area contributed by atoms with E-state index in [4.69, 9.17) is 0 Å². The summed E-state index contributed by atoms with van der Waals surface area (Å²) in [6.07, 6.45) is 3.97. The van der Waals surface area contributed by atoms with Crippen molar-refractivity contribution in [1.29, 1.82) is 0 Å². The first kappa shape index (κ1) is 30.3. The lowest BCUT2D eigenvalue weighted by Crippen LogP contribution is -2.35. The standard InChI is InChI=1S/C34H30F4N4O3/c35-26-12-10-25(11-13-26)29-21-42(45-33(44)34(36,37)38)32(43)28(29)18-24-8-14-27-30(39-40-31(27)19-24)15-9-22-4-6-23(7-5-22)20-41-16-2-1-3-17-41/h4-15,18-19,29H,1-3,16-17,20-21H2,(H,39,40)/b15-9+,28-18+. The van der Waals surface area contributed by atoms with Crippen molar-refractivity contribution < 1.29 is 32.0 Å². The summed E-state index contributed by atoms with van der Waals surface area (Å²) in [7, 11) is 0. The summed E-state index contributed by atoms with van der Waals surface area (Å²) in [5, 5.41) is 8.64. The third-order valence-corrected chi connectivity index (χ3v) is 8.10. The average Bonchev–Trinajstić information content (AvgIpc) is 3.57. The van der Waals surface area contributed by atoms with Crippen molar-refractivity contribution >= 4 is 41.0 Å². The molecule has 0 bridgehead atoms. The molecule has 11 heteroatoms. The monoisotopic (exact) mass is 618 g/mol. The zero-order chi connectivity index (χ0) is 31.6. The number of hydroxylamine groups is 2. The first-order chi connectivity index (χ1) is 21.6. The second-order valence-electron chi connectivity index (χ2n) is 11.3. The molecule has 3 aromatic carbocycles. The van der Waals surface area contributed by atoms with Crippen molar-refractivity contribution in [1.82, 2.24) is 20.2 Å². The minimum atomic E-state index is -5.27. The van der Waals surface area contributed by atoms with Crippen LogP contribution in [0.4, 0.5) is 17.6 Å². The molecule has 0 spiro atoms. The Morgan fingerprint density at radius 1 is 0.956 bits per heavy atom. The zero-order valence-electron chi connectivity index (χ0n) is 24.2. The number of hydrogen-bond donors (Lipinski definition) is 1. The van der Waals surface area contributed by atoms with E-state index in [1.54, 1.807) is 12.1 Å². The highest BCUT2D eigenvalue weighted by Crippen LogP contribution is 2.36. The fourth-order valence-electron chi connectivity index (χ4n) is 5.75. The highest BCUT2D eigenvalue weighted by Gasteiger charge is 2.46. The first-order valence-corrected chi connectivity index (χ1v) is 14.7. The predicted molar refractivity (Wildman–Crippen MR) is 162 cm³/mol. The smallest absolute Gasteiger partial charge is 0.329 e. The Kier molecular flexibility index (Phi) is 8.53. The quantitative estimate of drug-likeness (QED) is 0.180. The van der Waals surface area contributed by atoms with Gasteiger partial charge in [-0.3, -0.25) is 14.8 Å². The number of aromatic amines is 1. The van der Waals surface area contributed by atoms with Gasteiger partial charge in [-0.25, -0.2) is 9.18 Å². The minimum Gasteiger partial charge on any atom is -0.329 e. The highest BCUT2D eigenvalue weighted by molar-refractivity contribution is 6.02. The largest absolute Gasteiger partial charge is 0.493 e. The summed E-state index contributed by atoms with van der Waals surface area (Å²) in [6, 6.07) is 19.1. The molecule has 1 N–H and O–H groups in total. The van der Waals surface area contributed by atoms with Gasteiger partial charge in [-0.1, -0.05) is 55.0 Å². The van der Waals surface area contributed by atoms with Crippen LogP contribution in [0.3, 0.4) is 0 Å². The van der Waals surface area contributed by atoms with Gasteiger partial charge < -0.3 is 4.84 Å². The Morgan fingerprint density at radius 2 is 1.67 bits per heavy atom. The number of halogens is 4. The van der Waals surface area contributed by atoms with Crippen molar-refractivity contribution in [2.75, 3.05) is 19.6 Å². The SMILES string of the molecule is O=C1/C(=C/c2ccc3c(/C=C/c4ccc(CN5CCCCC5)cc4)n[nH]c3c2)C(c2ccc(F)cc2)CN1OC(=O)C(F)(F)F. The molecule has 232 valence electrons. The number of rotatable bonds is 7. The van der Waals surface area contributed by atoms with Gasteiger partial charge in [0.05, 0.1) is 17.8 Å². The van der Waals surface area contributed by atoms with Gasteiger partial charge in [0.1, 0.15) is 5.82 Å². The van der Waals surface area contributed by atoms with Crippen LogP contribution in [0.15, 0.2) is 72.3 Å². The van der Waals surface area contributed by atoms with Crippen LogP contribution in [-0.2, 0) is 21.0 Å². The Bertz CT molecular complexity index is 1760. The summed E-state index contributed by atoms with van der Waals surface area (Å²) in [6.45, 7) is 2.90. The summed E-state index contributed by atoms with van der Waals surface area (Å²) in [5.74, 6) is -4.66. The number of aromatic nitrogens is 2. The van der Waals surface area contributed by atoms with E-state index in [9.17, 15) is 27.2 Å². The van der Waals surface area contributed by atoms with Crippen molar-refractivity contribution in [3.05, 3.63) is 106 Å². The lowest BCUT2D eigenvalue weighted by atomic mass is 9.92. The van der Waals surface area contributed by atoms with Crippen LogP contribution in [0.2, 0.25) is 0 Å². The normalized spacial score (nSPS) is 18.8. The van der Waals surface area contributed by atoms with E-state index >= 15 is 0 Å². The summed E-state index contributed by atoms with van der Waals surface area (Å²) in [5.41, 5.74) is 4.88. The number of nitrogens with one attached hydrogen (secondary N) is 1. The topological polar surface area (TPSA) is 78.5 Å². The lowest BCUT2D eigenvalue weighted by Gasteiger charge is -2.26. The second kappa shape index (κ2) is 12.7.